The summed E-state index contributed by atoms with van der Waals surface area (Å²) in [5.41, 5.74) is 7.21. The Morgan fingerprint density at radius 3 is 2.57 bits per heavy atom. The van der Waals surface area contributed by atoms with Crippen LogP contribution in [0.4, 0.5) is 8.78 Å². The van der Waals surface area contributed by atoms with Crippen LogP contribution in [0.1, 0.15) is 23.6 Å². The molecule has 78 valence electrons. The van der Waals surface area contributed by atoms with E-state index in [0.717, 1.165) is 11.1 Å². The second kappa shape index (κ2) is 4.71. The van der Waals surface area contributed by atoms with Gasteiger partial charge in [0.1, 0.15) is 0 Å². The van der Waals surface area contributed by atoms with Gasteiger partial charge < -0.3 is 5.73 Å². The molecule has 4 heteroatoms. The van der Waals surface area contributed by atoms with Crippen molar-refractivity contribution in [2.24, 2.45) is 5.73 Å². The zero-order chi connectivity index (χ0) is 10.7. The van der Waals surface area contributed by atoms with Crippen LogP contribution in [-0.2, 0) is 0 Å². The van der Waals surface area contributed by atoms with Crippen LogP contribution in [0.2, 0.25) is 5.02 Å². The number of nitrogens with two attached hydrogens (primary N) is 1. The molecule has 0 heterocycles. The summed E-state index contributed by atoms with van der Waals surface area (Å²) in [6, 6.07) is 4.47. The van der Waals surface area contributed by atoms with E-state index in [1.165, 1.54) is 0 Å². The molecule has 1 rings (SSSR count). The largest absolute Gasteiger partial charge is 0.324 e. The number of aryl methyl sites for hydroxylation is 1. The molecule has 0 aliphatic carbocycles. The third-order valence-corrected chi connectivity index (χ3v) is 2.30. The first-order valence-corrected chi connectivity index (χ1v) is 4.68. The fraction of sp³-hybridized carbons (Fsp3) is 0.400. The Kier molecular flexibility index (Phi) is 3.84. The van der Waals surface area contributed by atoms with Crippen LogP contribution in [0, 0.1) is 6.92 Å². The number of hydrogen-bond donors (Lipinski definition) is 1. The van der Waals surface area contributed by atoms with Gasteiger partial charge in [0.15, 0.2) is 0 Å². The number of halogens is 3. The SMILES string of the molecule is Cc1cc(Cl)ccc1[C@H](N)CC(F)F. The maximum atomic E-state index is 12.1. The summed E-state index contributed by atoms with van der Waals surface area (Å²) in [6.45, 7) is 1.81. The van der Waals surface area contributed by atoms with Gasteiger partial charge >= 0.3 is 0 Å². The third-order valence-electron chi connectivity index (χ3n) is 2.06. The van der Waals surface area contributed by atoms with E-state index in [4.69, 9.17) is 17.3 Å². The molecule has 0 bridgehead atoms. The van der Waals surface area contributed by atoms with Gasteiger partial charge in [0.05, 0.1) is 0 Å². The molecule has 0 fully saturated rings. The zero-order valence-electron chi connectivity index (χ0n) is 7.81. The molecule has 1 nitrogen and oxygen atoms in total. The number of alkyl halides is 2. The lowest BCUT2D eigenvalue weighted by Gasteiger charge is -2.14. The minimum Gasteiger partial charge on any atom is -0.324 e. The van der Waals surface area contributed by atoms with Gasteiger partial charge in [-0.3, -0.25) is 0 Å². The van der Waals surface area contributed by atoms with E-state index in [-0.39, 0.29) is 6.42 Å². The molecule has 0 unspecified atom stereocenters. The lowest BCUT2D eigenvalue weighted by atomic mass is 10.00. The van der Waals surface area contributed by atoms with Crippen molar-refractivity contribution >= 4 is 11.6 Å². The summed E-state index contributed by atoms with van der Waals surface area (Å²) in [7, 11) is 0. The Hall–Kier alpha value is -0.670. The molecule has 1 aromatic rings. The van der Waals surface area contributed by atoms with Crippen molar-refractivity contribution in [2.45, 2.75) is 25.8 Å². The van der Waals surface area contributed by atoms with E-state index in [1.807, 2.05) is 6.92 Å². The predicted molar refractivity (Wildman–Crippen MR) is 53.7 cm³/mol. The van der Waals surface area contributed by atoms with Gasteiger partial charge in [0.2, 0.25) is 6.43 Å². The van der Waals surface area contributed by atoms with Crippen molar-refractivity contribution in [1.29, 1.82) is 0 Å². The first-order valence-electron chi connectivity index (χ1n) is 4.30. The Bertz CT molecular complexity index is 315. The monoisotopic (exact) mass is 219 g/mol. The Labute approximate surface area is 86.9 Å². The average Bonchev–Trinajstić information content (AvgIpc) is 2.01. The van der Waals surface area contributed by atoms with E-state index >= 15 is 0 Å². The number of rotatable bonds is 3. The summed E-state index contributed by atoms with van der Waals surface area (Å²) in [5.74, 6) is 0. The van der Waals surface area contributed by atoms with Crippen molar-refractivity contribution in [2.75, 3.05) is 0 Å². The first-order chi connectivity index (χ1) is 6.50. The van der Waals surface area contributed by atoms with Gasteiger partial charge in [-0.05, 0) is 30.2 Å². The molecule has 0 amide bonds. The van der Waals surface area contributed by atoms with Crippen LogP contribution in [0.25, 0.3) is 0 Å². The van der Waals surface area contributed by atoms with E-state index in [9.17, 15) is 8.78 Å². The molecular formula is C10H12ClF2N. The zero-order valence-corrected chi connectivity index (χ0v) is 8.56. The minimum atomic E-state index is -2.37. The summed E-state index contributed by atoms with van der Waals surface area (Å²) >= 11 is 5.74. The second-order valence-corrected chi connectivity index (χ2v) is 3.67. The van der Waals surface area contributed by atoms with Crippen LogP contribution in [-0.4, -0.2) is 6.43 Å². The smallest absolute Gasteiger partial charge is 0.240 e. The van der Waals surface area contributed by atoms with Crippen molar-refractivity contribution < 1.29 is 8.78 Å². The van der Waals surface area contributed by atoms with Crippen molar-refractivity contribution in [3.05, 3.63) is 34.3 Å². The van der Waals surface area contributed by atoms with Crippen molar-refractivity contribution in [1.82, 2.24) is 0 Å². The third kappa shape index (κ3) is 2.93. The van der Waals surface area contributed by atoms with Crippen LogP contribution >= 0.6 is 11.6 Å². The molecule has 0 saturated carbocycles. The van der Waals surface area contributed by atoms with Gasteiger partial charge in [0, 0.05) is 17.5 Å². The molecule has 0 radical (unpaired) electrons. The van der Waals surface area contributed by atoms with Gasteiger partial charge in [-0.2, -0.15) is 0 Å². The molecule has 0 aliphatic heterocycles. The Balaban J connectivity index is 2.84. The van der Waals surface area contributed by atoms with Crippen LogP contribution in [0.5, 0.6) is 0 Å². The summed E-state index contributed by atoms with van der Waals surface area (Å²) in [5, 5.41) is 0.593. The number of hydrogen-bond acceptors (Lipinski definition) is 1. The lowest BCUT2D eigenvalue weighted by Crippen LogP contribution is -2.15. The van der Waals surface area contributed by atoms with Gasteiger partial charge in [-0.25, -0.2) is 8.78 Å². The highest BCUT2D eigenvalue weighted by Gasteiger charge is 2.14. The molecule has 0 aromatic heterocycles. The molecule has 1 aromatic carbocycles. The minimum absolute atomic E-state index is 0.317. The second-order valence-electron chi connectivity index (χ2n) is 3.23. The van der Waals surface area contributed by atoms with E-state index < -0.39 is 12.5 Å². The maximum absolute atomic E-state index is 12.1. The van der Waals surface area contributed by atoms with E-state index in [1.54, 1.807) is 18.2 Å². The summed E-state index contributed by atoms with van der Waals surface area (Å²) in [4.78, 5) is 0. The topological polar surface area (TPSA) is 26.0 Å². The fourth-order valence-electron chi connectivity index (χ4n) is 1.37. The molecule has 2 N–H and O–H groups in total. The van der Waals surface area contributed by atoms with Gasteiger partial charge in [-0.1, -0.05) is 17.7 Å². The lowest BCUT2D eigenvalue weighted by molar-refractivity contribution is 0.128. The van der Waals surface area contributed by atoms with Crippen LogP contribution in [0.3, 0.4) is 0 Å². The van der Waals surface area contributed by atoms with Crippen molar-refractivity contribution in [3.8, 4) is 0 Å². The summed E-state index contributed by atoms with van der Waals surface area (Å²) in [6.07, 6.45) is -2.69. The molecule has 0 saturated heterocycles. The molecule has 0 spiro atoms. The normalized spacial score (nSPS) is 13.3. The Morgan fingerprint density at radius 2 is 2.07 bits per heavy atom. The highest BCUT2D eigenvalue weighted by Crippen LogP contribution is 2.23. The number of benzene rings is 1. The highest BCUT2D eigenvalue weighted by molar-refractivity contribution is 6.30. The molecular weight excluding hydrogens is 208 g/mol. The van der Waals surface area contributed by atoms with Crippen LogP contribution < -0.4 is 5.73 Å². The highest BCUT2D eigenvalue weighted by atomic mass is 35.5. The molecule has 14 heavy (non-hydrogen) atoms. The van der Waals surface area contributed by atoms with Crippen LogP contribution in [0.15, 0.2) is 18.2 Å². The first kappa shape index (κ1) is 11.4. The summed E-state index contributed by atoms with van der Waals surface area (Å²) < 4.78 is 24.2. The van der Waals surface area contributed by atoms with Gasteiger partial charge in [0.25, 0.3) is 0 Å². The van der Waals surface area contributed by atoms with Crippen molar-refractivity contribution in [3.63, 3.8) is 0 Å². The predicted octanol–water partition coefficient (Wildman–Crippen LogP) is 3.30. The average molecular weight is 220 g/mol. The van der Waals surface area contributed by atoms with E-state index in [2.05, 4.69) is 0 Å². The quantitative estimate of drug-likeness (QED) is 0.830. The van der Waals surface area contributed by atoms with E-state index in [0.29, 0.717) is 5.02 Å². The molecule has 1 atom stereocenters. The Morgan fingerprint density at radius 1 is 1.43 bits per heavy atom. The standard InChI is InChI=1S/C10H12ClF2N/c1-6-4-7(11)2-3-8(6)9(14)5-10(12)13/h2-4,9-10H,5,14H2,1H3/t9-/m1/s1. The fourth-order valence-corrected chi connectivity index (χ4v) is 1.60. The van der Waals surface area contributed by atoms with Gasteiger partial charge in [-0.15, -0.1) is 0 Å². The maximum Gasteiger partial charge on any atom is 0.240 e. The molecule has 0 aliphatic rings.